The number of nitrogens with two attached hydrogens (primary N) is 1. The molecular weight excluding hydrogens is 294 g/mol. The minimum atomic E-state index is 0.305. The number of hydrogen-bond donors (Lipinski definition) is 2. The van der Waals surface area contributed by atoms with E-state index in [1.807, 2.05) is 19.0 Å². The first-order valence-electron chi connectivity index (χ1n) is 4.78. The summed E-state index contributed by atoms with van der Waals surface area (Å²) in [6, 6.07) is 0. The summed E-state index contributed by atoms with van der Waals surface area (Å²) in [6.07, 6.45) is 1.49. The maximum atomic E-state index is 6.00. The molecule has 0 amide bonds. The zero-order valence-electron chi connectivity index (χ0n) is 9.59. The van der Waals surface area contributed by atoms with Crippen LogP contribution in [0.2, 0.25) is 5.02 Å². The summed E-state index contributed by atoms with van der Waals surface area (Å²) in [5, 5.41) is 9.93. The van der Waals surface area contributed by atoms with E-state index in [0.717, 1.165) is 9.47 Å². The lowest BCUT2D eigenvalue weighted by Crippen LogP contribution is -2.10. The molecule has 2 aromatic heterocycles. The lowest BCUT2D eigenvalue weighted by Gasteiger charge is -2.04. The average molecular weight is 304 g/mol. The average Bonchev–Trinajstić information content (AvgIpc) is 2.81. The second-order valence-corrected chi connectivity index (χ2v) is 5.94. The van der Waals surface area contributed by atoms with Crippen molar-refractivity contribution in [3.05, 3.63) is 11.2 Å². The van der Waals surface area contributed by atoms with Crippen LogP contribution >= 0.6 is 34.7 Å². The Morgan fingerprint density at radius 1 is 1.44 bits per heavy atom. The van der Waals surface area contributed by atoms with Crippen LogP contribution in [0.25, 0.3) is 0 Å². The van der Waals surface area contributed by atoms with E-state index in [1.54, 1.807) is 0 Å². The van der Waals surface area contributed by atoms with Gasteiger partial charge in [0.05, 0.1) is 11.2 Å². The first-order chi connectivity index (χ1) is 8.60. The highest BCUT2D eigenvalue weighted by Gasteiger charge is 2.12. The third-order valence-electron chi connectivity index (χ3n) is 1.80. The molecule has 3 N–H and O–H groups in total. The van der Waals surface area contributed by atoms with Crippen LogP contribution in [0.5, 0.6) is 0 Å². The normalized spacial score (nSPS) is 10.4. The molecule has 0 aliphatic carbocycles. The largest absolute Gasteiger partial charge is 0.353 e. The first kappa shape index (κ1) is 13.3. The fourth-order valence-corrected chi connectivity index (χ4v) is 2.87. The molecule has 0 saturated heterocycles. The van der Waals surface area contributed by atoms with E-state index in [9.17, 15) is 0 Å². The van der Waals surface area contributed by atoms with Gasteiger partial charge >= 0.3 is 0 Å². The van der Waals surface area contributed by atoms with Crippen LogP contribution < -0.4 is 16.2 Å². The summed E-state index contributed by atoms with van der Waals surface area (Å²) in [7, 11) is 3.81. The minimum Gasteiger partial charge on any atom is -0.353 e. The van der Waals surface area contributed by atoms with Crippen LogP contribution in [0.4, 0.5) is 11.1 Å². The number of hydrogen-bond acceptors (Lipinski definition) is 9. The van der Waals surface area contributed by atoms with Crippen molar-refractivity contribution >= 4 is 45.8 Å². The summed E-state index contributed by atoms with van der Waals surface area (Å²) in [5.74, 6) is 5.55. The molecule has 0 spiro atoms. The second kappa shape index (κ2) is 5.65. The van der Waals surface area contributed by atoms with E-state index >= 15 is 0 Å². The smallest absolute Gasteiger partial charge is 0.238 e. The summed E-state index contributed by atoms with van der Waals surface area (Å²) in [5.41, 5.74) is 2.37. The monoisotopic (exact) mass is 303 g/mol. The van der Waals surface area contributed by atoms with Crippen LogP contribution in [-0.2, 0) is 0 Å². The van der Waals surface area contributed by atoms with E-state index in [2.05, 4.69) is 25.6 Å². The lowest BCUT2D eigenvalue weighted by molar-refractivity contribution is 0.967. The fraction of sp³-hybridized carbons (Fsp3) is 0.250. The Bertz CT molecular complexity index is 544. The van der Waals surface area contributed by atoms with Gasteiger partial charge in [-0.3, -0.25) is 5.43 Å². The highest BCUT2D eigenvalue weighted by atomic mass is 35.5. The maximum absolute atomic E-state index is 6.00. The van der Waals surface area contributed by atoms with E-state index in [4.69, 9.17) is 17.4 Å². The predicted octanol–water partition coefficient (Wildman–Crippen LogP) is 1.48. The van der Waals surface area contributed by atoms with Crippen LogP contribution in [0.3, 0.4) is 0 Å². The van der Waals surface area contributed by atoms with Gasteiger partial charge in [-0.05, 0) is 11.8 Å². The molecule has 0 atom stereocenters. The Morgan fingerprint density at radius 3 is 2.83 bits per heavy atom. The fourth-order valence-electron chi connectivity index (χ4n) is 1.000. The molecule has 0 aliphatic heterocycles. The van der Waals surface area contributed by atoms with Crippen molar-refractivity contribution in [2.45, 2.75) is 9.37 Å². The van der Waals surface area contributed by atoms with Gasteiger partial charge in [0, 0.05) is 14.1 Å². The van der Waals surface area contributed by atoms with E-state index < -0.39 is 0 Å². The van der Waals surface area contributed by atoms with Gasteiger partial charge in [0.25, 0.3) is 0 Å². The predicted molar refractivity (Wildman–Crippen MR) is 73.2 cm³/mol. The quantitative estimate of drug-likeness (QED) is 0.498. The number of anilines is 2. The van der Waals surface area contributed by atoms with Crippen molar-refractivity contribution in [2.75, 3.05) is 24.4 Å². The topological polar surface area (TPSA) is 92.9 Å². The standard InChI is InChI=1S/C8H10ClN7S2/c1-16(2)7-14-15-8(18-7)17-5-4(9)3-11-6(12-5)13-10/h3H,10H2,1-2H3,(H,11,12,13). The zero-order chi connectivity index (χ0) is 13.1. The van der Waals surface area contributed by atoms with Crippen LogP contribution in [0.15, 0.2) is 15.6 Å². The van der Waals surface area contributed by atoms with Gasteiger partial charge in [0.2, 0.25) is 11.1 Å². The van der Waals surface area contributed by atoms with Gasteiger partial charge in [-0.25, -0.2) is 15.8 Å². The molecule has 18 heavy (non-hydrogen) atoms. The molecular formula is C8H10ClN7S2. The number of rotatable bonds is 4. The van der Waals surface area contributed by atoms with Crippen LogP contribution in [-0.4, -0.2) is 34.3 Å². The Morgan fingerprint density at radius 2 is 2.22 bits per heavy atom. The number of nitrogen functional groups attached to an aromatic ring is 1. The summed E-state index contributed by atoms with van der Waals surface area (Å²) in [6.45, 7) is 0. The molecule has 10 heteroatoms. The third kappa shape index (κ3) is 2.99. The van der Waals surface area contributed by atoms with Crippen molar-refractivity contribution in [3.63, 3.8) is 0 Å². The first-order valence-corrected chi connectivity index (χ1v) is 6.79. The van der Waals surface area contributed by atoms with Gasteiger partial charge in [-0.15, -0.1) is 10.2 Å². The van der Waals surface area contributed by atoms with Gasteiger partial charge in [0.1, 0.15) is 5.03 Å². The van der Waals surface area contributed by atoms with Crippen molar-refractivity contribution in [1.82, 2.24) is 20.2 Å². The Kier molecular flexibility index (Phi) is 4.17. The minimum absolute atomic E-state index is 0.305. The molecule has 0 radical (unpaired) electrons. The summed E-state index contributed by atoms with van der Waals surface area (Å²) >= 11 is 8.78. The van der Waals surface area contributed by atoms with E-state index in [0.29, 0.717) is 16.0 Å². The molecule has 96 valence electrons. The van der Waals surface area contributed by atoms with Gasteiger partial charge in [-0.1, -0.05) is 22.9 Å². The molecule has 7 nitrogen and oxygen atoms in total. The number of halogens is 1. The summed E-state index contributed by atoms with van der Waals surface area (Å²) < 4.78 is 0.752. The zero-order valence-corrected chi connectivity index (χ0v) is 12.0. The van der Waals surface area contributed by atoms with Crippen molar-refractivity contribution in [1.29, 1.82) is 0 Å². The molecule has 0 fully saturated rings. The molecule has 2 aromatic rings. The van der Waals surface area contributed by atoms with Gasteiger partial charge < -0.3 is 4.90 Å². The number of aromatic nitrogens is 4. The van der Waals surface area contributed by atoms with Crippen LogP contribution in [0.1, 0.15) is 0 Å². The molecule has 0 bridgehead atoms. The van der Waals surface area contributed by atoms with Crippen LogP contribution in [0, 0.1) is 0 Å². The highest BCUT2D eigenvalue weighted by molar-refractivity contribution is 8.01. The maximum Gasteiger partial charge on any atom is 0.238 e. The molecule has 2 heterocycles. The highest BCUT2D eigenvalue weighted by Crippen LogP contribution is 2.35. The molecule has 0 saturated carbocycles. The third-order valence-corrected chi connectivity index (χ3v) is 4.34. The Balaban J connectivity index is 2.22. The Hall–Kier alpha value is -1.16. The van der Waals surface area contributed by atoms with E-state index in [-0.39, 0.29) is 0 Å². The lowest BCUT2D eigenvalue weighted by atomic mass is 10.7. The Labute approximate surface area is 117 Å². The molecule has 0 aliphatic rings. The summed E-state index contributed by atoms with van der Waals surface area (Å²) in [4.78, 5) is 9.93. The molecule has 2 rings (SSSR count). The van der Waals surface area contributed by atoms with Crippen molar-refractivity contribution < 1.29 is 0 Å². The molecule has 0 unspecified atom stereocenters. The second-order valence-electron chi connectivity index (χ2n) is 3.34. The van der Waals surface area contributed by atoms with E-state index in [1.165, 1.54) is 29.3 Å². The van der Waals surface area contributed by atoms with Gasteiger partial charge in [0.15, 0.2) is 4.34 Å². The van der Waals surface area contributed by atoms with Crippen molar-refractivity contribution in [2.24, 2.45) is 5.84 Å². The number of nitrogens with one attached hydrogen (secondary N) is 1. The number of nitrogens with zero attached hydrogens (tertiary/aromatic N) is 5. The SMILES string of the molecule is CN(C)c1nnc(Sc2nc(NN)ncc2Cl)s1. The van der Waals surface area contributed by atoms with Gasteiger partial charge in [-0.2, -0.15) is 0 Å². The van der Waals surface area contributed by atoms with Crippen molar-refractivity contribution in [3.8, 4) is 0 Å². The molecule has 0 aromatic carbocycles. The number of hydrazine groups is 1.